The van der Waals surface area contributed by atoms with E-state index >= 15 is 0 Å². The molecule has 1 aromatic carbocycles. The van der Waals surface area contributed by atoms with Crippen molar-refractivity contribution in [3.8, 4) is 5.75 Å². The van der Waals surface area contributed by atoms with Crippen molar-refractivity contribution in [1.29, 1.82) is 0 Å². The molecule has 0 aliphatic carbocycles. The number of nitrogens with one attached hydrogen (secondary N) is 1. The van der Waals surface area contributed by atoms with Gasteiger partial charge in [0.05, 0.1) is 7.11 Å². The van der Waals surface area contributed by atoms with Gasteiger partial charge in [0.1, 0.15) is 17.5 Å². The Kier molecular flexibility index (Phi) is 3.96. The van der Waals surface area contributed by atoms with Gasteiger partial charge >= 0.3 is 0 Å². The molecule has 1 aliphatic heterocycles. The third-order valence-electron chi connectivity index (χ3n) is 4.30. The predicted molar refractivity (Wildman–Crippen MR) is 86.4 cm³/mol. The van der Waals surface area contributed by atoms with Gasteiger partial charge in [0.2, 0.25) is 5.91 Å². The maximum atomic E-state index is 12.9. The molecule has 1 atom stereocenters. The lowest BCUT2D eigenvalue weighted by Crippen LogP contribution is -2.58. The van der Waals surface area contributed by atoms with Gasteiger partial charge in [-0.2, -0.15) is 0 Å². The van der Waals surface area contributed by atoms with Crippen LogP contribution in [0.4, 0.5) is 0 Å². The second-order valence-electron chi connectivity index (χ2n) is 5.63. The van der Waals surface area contributed by atoms with Crippen LogP contribution in [0.1, 0.15) is 10.5 Å². The first kappa shape index (κ1) is 15.4. The van der Waals surface area contributed by atoms with Crippen LogP contribution in [0.5, 0.6) is 5.75 Å². The molecule has 3 rings (SSSR count). The number of nitrogens with two attached hydrogens (primary N) is 1. The van der Waals surface area contributed by atoms with Crippen LogP contribution in [0.3, 0.4) is 0 Å². The molecule has 0 spiro atoms. The van der Waals surface area contributed by atoms with Crippen molar-refractivity contribution in [2.75, 3.05) is 26.7 Å². The second kappa shape index (κ2) is 5.92. The van der Waals surface area contributed by atoms with Crippen LogP contribution in [-0.4, -0.2) is 54.1 Å². The number of ether oxygens (including phenoxy) is 1. The maximum Gasteiger partial charge on any atom is 0.271 e. The van der Waals surface area contributed by atoms with E-state index in [1.165, 1.54) is 0 Å². The molecule has 7 nitrogen and oxygen atoms in total. The number of methoxy groups -OCH3 is 1. The van der Waals surface area contributed by atoms with Crippen LogP contribution in [-0.2, 0) is 11.8 Å². The summed E-state index contributed by atoms with van der Waals surface area (Å²) in [6, 6.07) is 6.85. The average molecular weight is 316 g/mol. The Hall–Kier alpha value is -2.54. The number of hydrogen-bond donors (Lipinski definition) is 2. The van der Waals surface area contributed by atoms with E-state index in [2.05, 4.69) is 5.32 Å². The Morgan fingerprint density at radius 2 is 2.13 bits per heavy atom. The van der Waals surface area contributed by atoms with Gasteiger partial charge in [-0.3, -0.25) is 9.59 Å². The lowest BCUT2D eigenvalue weighted by Gasteiger charge is -2.34. The minimum absolute atomic E-state index is 0.187. The van der Waals surface area contributed by atoms with Crippen molar-refractivity contribution in [1.82, 2.24) is 14.8 Å². The fourth-order valence-electron chi connectivity index (χ4n) is 3.01. The summed E-state index contributed by atoms with van der Waals surface area (Å²) in [6.45, 7) is 1.49. The lowest BCUT2D eigenvalue weighted by molar-refractivity contribution is -0.122. The number of hydrogen-bond acceptors (Lipinski definition) is 4. The monoisotopic (exact) mass is 316 g/mol. The third-order valence-corrected chi connectivity index (χ3v) is 4.30. The first-order chi connectivity index (χ1) is 11.0. The molecule has 3 N–H and O–H groups in total. The highest BCUT2D eigenvalue weighted by Crippen LogP contribution is 2.25. The Labute approximate surface area is 134 Å². The van der Waals surface area contributed by atoms with E-state index in [0.717, 1.165) is 16.7 Å². The van der Waals surface area contributed by atoms with Gasteiger partial charge < -0.3 is 25.3 Å². The number of aromatic nitrogens is 1. The highest BCUT2D eigenvalue weighted by Gasteiger charge is 2.32. The number of rotatable bonds is 3. The number of primary amides is 1. The van der Waals surface area contributed by atoms with Gasteiger partial charge in [-0.1, -0.05) is 0 Å². The summed E-state index contributed by atoms with van der Waals surface area (Å²) in [6.07, 6.45) is 0. The van der Waals surface area contributed by atoms with E-state index in [-0.39, 0.29) is 5.91 Å². The van der Waals surface area contributed by atoms with Crippen molar-refractivity contribution < 1.29 is 14.3 Å². The zero-order valence-electron chi connectivity index (χ0n) is 13.2. The highest BCUT2D eigenvalue weighted by atomic mass is 16.5. The molecule has 1 aliphatic rings. The SMILES string of the molecule is COc1ccc2c(c1)cc(C(=O)N1CCNC[C@@H]1C(N)=O)n2C. The molecule has 1 aromatic heterocycles. The minimum Gasteiger partial charge on any atom is -0.497 e. The van der Waals surface area contributed by atoms with Crippen LogP contribution in [0, 0.1) is 0 Å². The number of fused-ring (bicyclic) bond motifs is 1. The van der Waals surface area contributed by atoms with Gasteiger partial charge in [0.15, 0.2) is 0 Å². The molecular formula is C16H20N4O3. The molecule has 1 fully saturated rings. The van der Waals surface area contributed by atoms with E-state index in [1.54, 1.807) is 12.0 Å². The van der Waals surface area contributed by atoms with Crippen molar-refractivity contribution in [3.63, 3.8) is 0 Å². The van der Waals surface area contributed by atoms with Crippen molar-refractivity contribution in [2.24, 2.45) is 12.8 Å². The standard InChI is InChI=1S/C16H20N4O3/c1-19-12-4-3-11(23-2)7-10(12)8-13(19)16(22)20-6-5-18-9-14(20)15(17)21/h3-4,7-8,14,18H,5-6,9H2,1-2H3,(H2,17,21)/t14-/m1/s1. The number of piperazine rings is 1. The number of amides is 2. The molecule has 0 unspecified atom stereocenters. The van der Waals surface area contributed by atoms with E-state index in [9.17, 15) is 9.59 Å². The number of benzene rings is 1. The van der Waals surface area contributed by atoms with Gasteiger partial charge in [0, 0.05) is 37.6 Å². The summed E-state index contributed by atoms with van der Waals surface area (Å²) in [5, 5.41) is 4.01. The normalized spacial score (nSPS) is 18.2. The molecule has 122 valence electrons. The van der Waals surface area contributed by atoms with E-state index in [1.807, 2.05) is 35.9 Å². The van der Waals surface area contributed by atoms with E-state index in [0.29, 0.717) is 25.3 Å². The number of aryl methyl sites for hydroxylation is 1. The summed E-state index contributed by atoms with van der Waals surface area (Å²) >= 11 is 0. The average Bonchev–Trinajstić information content (AvgIpc) is 2.90. The Bertz CT molecular complexity index is 768. The lowest BCUT2D eigenvalue weighted by atomic mass is 10.1. The molecule has 7 heteroatoms. The summed E-state index contributed by atoms with van der Waals surface area (Å²) in [4.78, 5) is 26.0. The van der Waals surface area contributed by atoms with Crippen LogP contribution in [0.15, 0.2) is 24.3 Å². The zero-order chi connectivity index (χ0) is 16.6. The van der Waals surface area contributed by atoms with Crippen LogP contribution < -0.4 is 15.8 Å². The van der Waals surface area contributed by atoms with Crippen LogP contribution >= 0.6 is 0 Å². The molecule has 1 saturated heterocycles. The van der Waals surface area contributed by atoms with Crippen molar-refractivity contribution in [2.45, 2.75) is 6.04 Å². The predicted octanol–water partition coefficient (Wildman–Crippen LogP) is 0.0862. The number of carbonyl (C=O) groups is 2. The van der Waals surface area contributed by atoms with Crippen LogP contribution in [0.25, 0.3) is 10.9 Å². The fraction of sp³-hybridized carbons (Fsp3) is 0.375. The summed E-state index contributed by atoms with van der Waals surface area (Å²) in [7, 11) is 3.44. The first-order valence-electron chi connectivity index (χ1n) is 7.47. The Balaban J connectivity index is 1.99. The van der Waals surface area contributed by atoms with Gasteiger partial charge in [-0.05, 0) is 24.3 Å². The second-order valence-corrected chi connectivity index (χ2v) is 5.63. The van der Waals surface area contributed by atoms with E-state index in [4.69, 9.17) is 10.5 Å². The molecule has 23 heavy (non-hydrogen) atoms. The molecule has 0 saturated carbocycles. The molecular weight excluding hydrogens is 296 g/mol. The molecule has 0 radical (unpaired) electrons. The number of carbonyl (C=O) groups excluding carboxylic acids is 2. The Morgan fingerprint density at radius 3 is 2.83 bits per heavy atom. The maximum absolute atomic E-state index is 12.9. The summed E-state index contributed by atoms with van der Waals surface area (Å²) < 4.78 is 7.05. The fourth-order valence-corrected chi connectivity index (χ4v) is 3.01. The minimum atomic E-state index is -0.621. The molecule has 2 aromatic rings. The third kappa shape index (κ3) is 2.63. The first-order valence-corrected chi connectivity index (χ1v) is 7.47. The van der Waals surface area contributed by atoms with Crippen molar-refractivity contribution >= 4 is 22.7 Å². The molecule has 2 amide bonds. The molecule has 0 bridgehead atoms. The quantitative estimate of drug-likeness (QED) is 0.839. The summed E-state index contributed by atoms with van der Waals surface area (Å²) in [5.74, 6) is 0.0539. The Morgan fingerprint density at radius 1 is 1.35 bits per heavy atom. The number of nitrogens with zero attached hydrogens (tertiary/aromatic N) is 2. The van der Waals surface area contributed by atoms with Crippen molar-refractivity contribution in [3.05, 3.63) is 30.0 Å². The van der Waals surface area contributed by atoms with Gasteiger partial charge in [0.25, 0.3) is 5.91 Å². The zero-order valence-corrected chi connectivity index (χ0v) is 13.2. The topological polar surface area (TPSA) is 89.6 Å². The molecule has 2 heterocycles. The highest BCUT2D eigenvalue weighted by molar-refractivity contribution is 6.01. The van der Waals surface area contributed by atoms with Crippen LogP contribution in [0.2, 0.25) is 0 Å². The van der Waals surface area contributed by atoms with Gasteiger partial charge in [-0.25, -0.2) is 0 Å². The van der Waals surface area contributed by atoms with Gasteiger partial charge in [-0.15, -0.1) is 0 Å². The smallest absolute Gasteiger partial charge is 0.271 e. The largest absolute Gasteiger partial charge is 0.497 e. The summed E-state index contributed by atoms with van der Waals surface area (Å²) in [5.41, 5.74) is 6.89. The van der Waals surface area contributed by atoms with E-state index < -0.39 is 11.9 Å².